The van der Waals surface area contributed by atoms with Crippen molar-refractivity contribution < 1.29 is 26.9 Å². The summed E-state index contributed by atoms with van der Waals surface area (Å²) < 4.78 is 0. The van der Waals surface area contributed by atoms with Crippen molar-refractivity contribution in [2.24, 2.45) is 0 Å². The van der Waals surface area contributed by atoms with Crippen LogP contribution in [-0.2, 0) is 4.79 Å². The molecule has 0 aliphatic heterocycles. The molecule has 0 aliphatic rings. The predicted molar refractivity (Wildman–Crippen MR) is 31.3 cm³/mol. The number of aliphatic carboxylic acids is 1. The Hall–Kier alpha value is 1.07. The third-order valence-corrected chi connectivity index (χ3v) is 0.448. The molecule has 5 heteroatoms. The van der Waals surface area contributed by atoms with Gasteiger partial charge in [0.15, 0.2) is 0 Å². The van der Waals surface area contributed by atoms with Gasteiger partial charge in [0.25, 0.3) is 5.97 Å². The zero-order valence-corrected chi connectivity index (χ0v) is 8.07. The first-order valence-corrected chi connectivity index (χ1v) is 1.96. The first-order valence-electron chi connectivity index (χ1n) is 1.45. The number of hydrogen-bond donors (Lipinski definition) is 2. The zero-order chi connectivity index (χ0) is 4.99. The maximum Gasteiger partial charge on any atom is 2.00 e. The zero-order valence-electron chi connectivity index (χ0n) is 4.17. The number of hydrogen-bond acceptors (Lipinski definition) is 2. The second kappa shape index (κ2) is 10.9. The van der Waals surface area contributed by atoms with Crippen LogP contribution in [0, 0.1) is 5.75 Å². The van der Waals surface area contributed by atoms with Crippen LogP contribution in [0.4, 0.5) is 0 Å². The summed E-state index contributed by atoms with van der Waals surface area (Å²) in [5.74, 6) is 0.451. The summed E-state index contributed by atoms with van der Waals surface area (Å²) in [6, 6.07) is 0. The van der Waals surface area contributed by atoms with Gasteiger partial charge in [-0.05, 0) is 0 Å². The Morgan fingerprint density at radius 3 is 2.12 bits per heavy atom. The topological polar surface area (TPSA) is 37.3 Å². The van der Waals surface area contributed by atoms with Crippen molar-refractivity contribution in [3.63, 3.8) is 0 Å². The molecule has 2 nitrogen and oxygen atoms in total. The van der Waals surface area contributed by atoms with Crippen molar-refractivity contribution in [1.82, 2.24) is 0 Å². The van der Waals surface area contributed by atoms with Gasteiger partial charge in [-0.2, -0.15) is 0 Å². The number of halogens is 1. The maximum absolute atomic E-state index is 9.52. The van der Waals surface area contributed by atoms with Crippen molar-refractivity contribution in [1.29, 1.82) is 0 Å². The smallest absolute Gasteiger partial charge is 1.00 e. The summed E-state index contributed by atoms with van der Waals surface area (Å²) in [4.78, 5) is 9.52. The Morgan fingerprint density at radius 1 is 1.75 bits per heavy atom. The third kappa shape index (κ3) is 15.7. The Morgan fingerprint density at radius 2 is 2.12 bits per heavy atom. The van der Waals surface area contributed by atoms with Crippen molar-refractivity contribution >= 4 is 41.7 Å². The molecule has 0 atom stereocenters. The molecule has 0 aliphatic carbocycles. The van der Waals surface area contributed by atoms with Gasteiger partial charge in [0, 0.05) is 0 Å². The van der Waals surface area contributed by atoms with Crippen LogP contribution in [0.15, 0.2) is 0 Å². The summed E-state index contributed by atoms with van der Waals surface area (Å²) >= 11 is 3.55. The van der Waals surface area contributed by atoms with E-state index in [0.717, 1.165) is 0 Å². The molecule has 0 radical (unpaired) electrons. The van der Waals surface area contributed by atoms with E-state index in [1.54, 1.807) is 0 Å². The first kappa shape index (κ1) is 16.0. The fraction of sp³-hybridized carbons (Fsp3) is 0.333. The van der Waals surface area contributed by atoms with Crippen molar-refractivity contribution in [2.75, 3.05) is 0 Å². The molecule has 8 heavy (non-hydrogen) atoms. The first-order chi connectivity index (χ1) is 2.77. The molecule has 0 amide bonds. The quantitative estimate of drug-likeness (QED) is 0.292. The SMILES string of the molecule is O=C(O)C[CH-]S.[Br-].[Mg+2]. The van der Waals surface area contributed by atoms with Crippen LogP contribution in [0.5, 0.6) is 0 Å². The molecule has 0 spiro atoms. The molecule has 0 aromatic rings. The van der Waals surface area contributed by atoms with Crippen LogP contribution >= 0.6 is 12.6 Å². The average molecular weight is 209 g/mol. The summed E-state index contributed by atoms with van der Waals surface area (Å²) in [7, 11) is 0. The van der Waals surface area contributed by atoms with Gasteiger partial charge in [-0.15, -0.1) is 0 Å². The molecular formula is C3H5BrMgO2S. The molecular weight excluding hydrogens is 204 g/mol. The molecule has 44 valence electrons. The van der Waals surface area contributed by atoms with Gasteiger partial charge in [-0.1, -0.05) is 6.42 Å². The molecule has 0 heterocycles. The molecule has 0 bridgehead atoms. The van der Waals surface area contributed by atoms with E-state index in [-0.39, 0.29) is 46.5 Å². The van der Waals surface area contributed by atoms with Crippen LogP contribution in [0.1, 0.15) is 6.42 Å². The van der Waals surface area contributed by atoms with Gasteiger partial charge in [0.2, 0.25) is 0 Å². The van der Waals surface area contributed by atoms with E-state index in [0.29, 0.717) is 0 Å². The van der Waals surface area contributed by atoms with E-state index in [9.17, 15) is 4.79 Å². The van der Waals surface area contributed by atoms with Crippen LogP contribution in [0.25, 0.3) is 0 Å². The Balaban J connectivity index is -0.000000125. The van der Waals surface area contributed by atoms with Gasteiger partial charge in [-0.3, -0.25) is 10.5 Å². The molecule has 0 rings (SSSR count). The summed E-state index contributed by atoms with van der Waals surface area (Å²) in [6.45, 7) is 0. The van der Waals surface area contributed by atoms with Crippen LogP contribution in [0.3, 0.4) is 0 Å². The van der Waals surface area contributed by atoms with E-state index in [2.05, 4.69) is 12.6 Å². The molecule has 1 N–H and O–H groups in total. The summed E-state index contributed by atoms with van der Waals surface area (Å²) in [5, 5.41) is 7.83. The van der Waals surface area contributed by atoms with E-state index in [1.807, 2.05) is 0 Å². The fourth-order valence-corrected chi connectivity index (χ4v) is 0.234. The number of rotatable bonds is 2. The van der Waals surface area contributed by atoms with Gasteiger partial charge >= 0.3 is 23.1 Å². The minimum Gasteiger partial charge on any atom is -1.00 e. The predicted octanol–water partition coefficient (Wildman–Crippen LogP) is -2.82. The molecule has 0 saturated heterocycles. The van der Waals surface area contributed by atoms with E-state index in [1.165, 1.54) is 5.75 Å². The number of carboxylic acids is 1. The Kier molecular flexibility index (Phi) is 21.9. The van der Waals surface area contributed by atoms with Crippen molar-refractivity contribution in [2.45, 2.75) is 6.42 Å². The Labute approximate surface area is 80.4 Å². The van der Waals surface area contributed by atoms with Gasteiger partial charge in [0.05, 0.1) is 0 Å². The van der Waals surface area contributed by atoms with E-state index >= 15 is 0 Å². The summed E-state index contributed by atoms with van der Waals surface area (Å²) in [6.07, 6.45) is 0.0309. The van der Waals surface area contributed by atoms with Crippen LogP contribution in [0.2, 0.25) is 0 Å². The molecule has 0 saturated carbocycles. The second-order valence-electron chi connectivity index (χ2n) is 0.780. The average Bonchev–Trinajstić information content (AvgIpc) is 1.35. The fourth-order valence-electron chi connectivity index (χ4n) is 0.0781. The number of carbonyl (C=O) groups is 1. The molecule has 0 unspecified atom stereocenters. The maximum atomic E-state index is 9.52. The third-order valence-electron chi connectivity index (χ3n) is 0.266. The molecule has 0 aromatic heterocycles. The molecule has 0 aromatic carbocycles. The van der Waals surface area contributed by atoms with Crippen LogP contribution in [-0.4, -0.2) is 34.1 Å². The van der Waals surface area contributed by atoms with E-state index in [4.69, 9.17) is 5.11 Å². The van der Waals surface area contributed by atoms with Crippen LogP contribution < -0.4 is 17.0 Å². The van der Waals surface area contributed by atoms with Gasteiger partial charge in [0.1, 0.15) is 0 Å². The van der Waals surface area contributed by atoms with E-state index < -0.39 is 5.97 Å². The standard InChI is InChI=1S/C3H5O2S.BrH.Mg/c4-3(5)1-2-6;;/h2,6H,1H2,(H,4,5);1H;/q-1;;+2/p-1. The van der Waals surface area contributed by atoms with Gasteiger partial charge < -0.3 is 34.7 Å². The van der Waals surface area contributed by atoms with Gasteiger partial charge in [-0.25, -0.2) is 0 Å². The summed E-state index contributed by atoms with van der Waals surface area (Å²) in [5.41, 5.74) is 0. The largest absolute Gasteiger partial charge is 2.00 e. The molecule has 0 fully saturated rings. The van der Waals surface area contributed by atoms with Crippen molar-refractivity contribution in [3.8, 4) is 0 Å². The van der Waals surface area contributed by atoms with Crippen molar-refractivity contribution in [3.05, 3.63) is 5.75 Å². The normalized spacial score (nSPS) is 6.12. The number of thiol groups is 1. The number of carboxylic acid groups (broad SMARTS) is 1. The minimum atomic E-state index is -0.843. The Bertz CT molecular complexity index is 61.2. The monoisotopic (exact) mass is 208 g/mol. The second-order valence-corrected chi connectivity index (χ2v) is 1.15. The minimum absolute atomic E-state index is 0.